The van der Waals surface area contributed by atoms with Crippen LogP contribution in [0.2, 0.25) is 0 Å². The minimum atomic E-state index is 0.906. The molecule has 1 heterocycles. The lowest BCUT2D eigenvalue weighted by atomic mass is 9.64. The van der Waals surface area contributed by atoms with Crippen molar-refractivity contribution < 1.29 is 0 Å². The van der Waals surface area contributed by atoms with Crippen molar-refractivity contribution in [3.63, 3.8) is 0 Å². The van der Waals surface area contributed by atoms with E-state index in [0.717, 1.165) is 23.8 Å². The molecule has 3 fully saturated rings. The Balaban J connectivity index is 1.74. The van der Waals surface area contributed by atoms with Gasteiger partial charge in [-0.1, -0.05) is 25.7 Å². The van der Waals surface area contributed by atoms with Crippen LogP contribution < -0.4 is 5.32 Å². The average molecular weight is 193 g/mol. The van der Waals surface area contributed by atoms with Crippen LogP contribution in [0.5, 0.6) is 0 Å². The summed E-state index contributed by atoms with van der Waals surface area (Å²) in [7, 11) is 0. The Morgan fingerprint density at radius 1 is 0.714 bits per heavy atom. The third-order valence-electron chi connectivity index (χ3n) is 4.98. The molecule has 2 aliphatic carbocycles. The molecule has 3 rings (SSSR count). The zero-order valence-electron chi connectivity index (χ0n) is 9.17. The molecule has 0 aromatic carbocycles. The van der Waals surface area contributed by atoms with E-state index in [0.29, 0.717) is 0 Å². The van der Waals surface area contributed by atoms with Gasteiger partial charge >= 0.3 is 0 Å². The van der Waals surface area contributed by atoms with Crippen LogP contribution in [-0.4, -0.2) is 12.6 Å². The largest absolute Gasteiger partial charge is 0.313 e. The molecule has 1 saturated heterocycles. The van der Waals surface area contributed by atoms with Crippen LogP contribution in [0.25, 0.3) is 0 Å². The quantitative estimate of drug-likeness (QED) is 0.623. The van der Waals surface area contributed by atoms with Gasteiger partial charge < -0.3 is 5.32 Å². The predicted octanol–water partition coefficient (Wildman–Crippen LogP) is 2.95. The minimum Gasteiger partial charge on any atom is -0.313 e. The van der Waals surface area contributed by atoms with Gasteiger partial charge in [-0.2, -0.15) is 0 Å². The molecule has 0 aromatic heterocycles. The van der Waals surface area contributed by atoms with Gasteiger partial charge in [-0.15, -0.1) is 0 Å². The zero-order valence-corrected chi connectivity index (χ0v) is 9.17. The van der Waals surface area contributed by atoms with Crippen LogP contribution in [0.4, 0.5) is 0 Å². The zero-order chi connectivity index (χ0) is 9.38. The maximum atomic E-state index is 3.82. The molecule has 1 N–H and O–H groups in total. The highest BCUT2D eigenvalue weighted by Crippen LogP contribution is 2.43. The Hall–Kier alpha value is -0.0400. The minimum absolute atomic E-state index is 0.906. The number of rotatable bonds is 0. The first-order valence-electron chi connectivity index (χ1n) is 6.68. The fourth-order valence-corrected chi connectivity index (χ4v) is 4.28. The summed E-state index contributed by atoms with van der Waals surface area (Å²) in [4.78, 5) is 0. The molecule has 0 amide bonds. The molecule has 0 aromatic rings. The van der Waals surface area contributed by atoms with Gasteiger partial charge in [0, 0.05) is 6.04 Å². The van der Waals surface area contributed by atoms with Crippen molar-refractivity contribution in [3.8, 4) is 0 Å². The molecule has 1 nitrogen and oxygen atoms in total. The molecular formula is C13H23N. The van der Waals surface area contributed by atoms with Gasteiger partial charge in [0.1, 0.15) is 0 Å². The van der Waals surface area contributed by atoms with E-state index in [1.807, 2.05) is 0 Å². The van der Waals surface area contributed by atoms with Crippen molar-refractivity contribution >= 4 is 0 Å². The monoisotopic (exact) mass is 193 g/mol. The summed E-state index contributed by atoms with van der Waals surface area (Å²) >= 11 is 0. The summed E-state index contributed by atoms with van der Waals surface area (Å²) in [5, 5.41) is 3.82. The molecule has 1 heteroatoms. The number of fused-ring (bicyclic) bond motifs is 3. The predicted molar refractivity (Wildman–Crippen MR) is 59.2 cm³/mol. The van der Waals surface area contributed by atoms with Gasteiger partial charge in [0.25, 0.3) is 0 Å². The van der Waals surface area contributed by atoms with E-state index in [4.69, 9.17) is 0 Å². The van der Waals surface area contributed by atoms with Crippen LogP contribution in [-0.2, 0) is 0 Å². The Labute approximate surface area is 87.7 Å². The molecule has 2 saturated carbocycles. The lowest BCUT2D eigenvalue weighted by molar-refractivity contribution is 0.0555. The summed E-state index contributed by atoms with van der Waals surface area (Å²) < 4.78 is 0. The van der Waals surface area contributed by atoms with Crippen molar-refractivity contribution in [3.05, 3.63) is 0 Å². The highest BCUT2D eigenvalue weighted by Gasteiger charge is 2.40. The Bertz CT molecular complexity index is 179. The van der Waals surface area contributed by atoms with Crippen molar-refractivity contribution in [2.45, 2.75) is 57.4 Å². The first-order valence-corrected chi connectivity index (χ1v) is 6.68. The summed E-state index contributed by atoms with van der Waals surface area (Å²) in [5.74, 6) is 3.21. The van der Waals surface area contributed by atoms with E-state index in [1.54, 1.807) is 6.42 Å². The van der Waals surface area contributed by atoms with E-state index in [1.165, 1.54) is 51.5 Å². The standard InChI is InChI=1S/C13H23N/c1-2-6-11-10(5-1)9-14-13-8-4-3-7-12(11)13/h10-14H,1-9H2. The first-order chi connectivity index (χ1) is 6.95. The SMILES string of the molecule is C1CCC2C(C1)CNC1CCCCC12. The Morgan fingerprint density at radius 2 is 1.43 bits per heavy atom. The third kappa shape index (κ3) is 1.50. The van der Waals surface area contributed by atoms with Crippen molar-refractivity contribution in [2.75, 3.05) is 6.54 Å². The normalized spacial score (nSPS) is 48.0. The maximum absolute atomic E-state index is 3.82. The van der Waals surface area contributed by atoms with E-state index in [9.17, 15) is 0 Å². The highest BCUT2D eigenvalue weighted by atomic mass is 14.9. The summed E-state index contributed by atoms with van der Waals surface area (Å²) in [6.07, 6.45) is 12.1. The second kappa shape index (κ2) is 3.84. The van der Waals surface area contributed by atoms with Crippen LogP contribution in [0.15, 0.2) is 0 Å². The Kier molecular flexibility index (Phi) is 2.53. The summed E-state index contributed by atoms with van der Waals surface area (Å²) in [6.45, 7) is 1.34. The fraction of sp³-hybridized carbons (Fsp3) is 1.00. The molecule has 4 unspecified atom stereocenters. The molecule has 14 heavy (non-hydrogen) atoms. The molecule has 0 bridgehead atoms. The first kappa shape index (κ1) is 9.21. The number of nitrogens with one attached hydrogen (secondary N) is 1. The molecule has 0 spiro atoms. The van der Waals surface area contributed by atoms with E-state index >= 15 is 0 Å². The Morgan fingerprint density at radius 3 is 2.36 bits per heavy atom. The van der Waals surface area contributed by atoms with Gasteiger partial charge in [0.05, 0.1) is 0 Å². The number of piperidine rings is 1. The van der Waals surface area contributed by atoms with Crippen LogP contribution in [0.1, 0.15) is 51.4 Å². The van der Waals surface area contributed by atoms with E-state index in [-0.39, 0.29) is 0 Å². The van der Waals surface area contributed by atoms with Gasteiger partial charge in [0.15, 0.2) is 0 Å². The highest BCUT2D eigenvalue weighted by molar-refractivity contribution is 4.94. The molecule has 80 valence electrons. The van der Waals surface area contributed by atoms with Crippen LogP contribution >= 0.6 is 0 Å². The summed E-state index contributed by atoms with van der Waals surface area (Å²) in [5.41, 5.74) is 0. The summed E-state index contributed by atoms with van der Waals surface area (Å²) in [6, 6.07) is 0.906. The van der Waals surface area contributed by atoms with Crippen LogP contribution in [0, 0.1) is 17.8 Å². The number of hydrogen-bond donors (Lipinski definition) is 1. The van der Waals surface area contributed by atoms with Crippen LogP contribution in [0.3, 0.4) is 0 Å². The van der Waals surface area contributed by atoms with Gasteiger partial charge in [-0.25, -0.2) is 0 Å². The average Bonchev–Trinajstić information content (AvgIpc) is 2.29. The molecule has 1 aliphatic heterocycles. The van der Waals surface area contributed by atoms with Crippen molar-refractivity contribution in [2.24, 2.45) is 17.8 Å². The lowest BCUT2D eigenvalue weighted by Gasteiger charge is -2.48. The topological polar surface area (TPSA) is 12.0 Å². The van der Waals surface area contributed by atoms with Gasteiger partial charge in [-0.3, -0.25) is 0 Å². The third-order valence-corrected chi connectivity index (χ3v) is 4.98. The second-order valence-electron chi connectivity index (χ2n) is 5.67. The van der Waals surface area contributed by atoms with E-state index in [2.05, 4.69) is 5.32 Å². The fourth-order valence-electron chi connectivity index (χ4n) is 4.28. The van der Waals surface area contributed by atoms with Gasteiger partial charge in [0.2, 0.25) is 0 Å². The lowest BCUT2D eigenvalue weighted by Crippen LogP contribution is -2.52. The van der Waals surface area contributed by atoms with Gasteiger partial charge in [-0.05, 0) is 50.0 Å². The maximum Gasteiger partial charge on any atom is 0.00981 e. The smallest absolute Gasteiger partial charge is 0.00981 e. The van der Waals surface area contributed by atoms with Crippen molar-refractivity contribution in [1.82, 2.24) is 5.32 Å². The molecule has 3 aliphatic rings. The van der Waals surface area contributed by atoms with E-state index < -0.39 is 0 Å². The molecule has 0 radical (unpaired) electrons. The second-order valence-corrected chi connectivity index (χ2v) is 5.67. The molecular weight excluding hydrogens is 170 g/mol. The number of hydrogen-bond acceptors (Lipinski definition) is 1. The molecule has 4 atom stereocenters. The van der Waals surface area contributed by atoms with Crippen molar-refractivity contribution in [1.29, 1.82) is 0 Å².